The average Bonchev–Trinajstić information content (AvgIpc) is 2.26. The van der Waals surface area contributed by atoms with Crippen molar-refractivity contribution >= 4 is 11.9 Å². The van der Waals surface area contributed by atoms with Crippen LogP contribution in [0.4, 0.5) is 0 Å². The number of hydrogen-bond acceptors (Lipinski definition) is 3. The van der Waals surface area contributed by atoms with Gasteiger partial charge < -0.3 is 15.2 Å². The monoisotopic (exact) mass is 215 g/mol. The summed E-state index contributed by atoms with van der Waals surface area (Å²) in [5.41, 5.74) is 0. The van der Waals surface area contributed by atoms with E-state index in [0.29, 0.717) is 19.1 Å². The fourth-order valence-corrected chi connectivity index (χ4v) is 1.48. The van der Waals surface area contributed by atoms with Gasteiger partial charge in [0.15, 0.2) is 0 Å². The minimum Gasteiger partial charge on any atom is -0.481 e. The van der Waals surface area contributed by atoms with Gasteiger partial charge in [0, 0.05) is 13.2 Å². The Morgan fingerprint density at radius 3 is 2.87 bits per heavy atom. The number of aliphatic carboxylic acids is 1. The number of nitrogens with one attached hydrogen (secondary N) is 1. The third kappa shape index (κ3) is 3.87. The lowest BCUT2D eigenvalue weighted by Crippen LogP contribution is -2.38. The number of hydrogen-bond donors (Lipinski definition) is 2. The van der Waals surface area contributed by atoms with Gasteiger partial charge in [0.1, 0.15) is 5.92 Å². The van der Waals surface area contributed by atoms with Gasteiger partial charge in [-0.3, -0.25) is 9.59 Å². The first-order chi connectivity index (χ1) is 7.11. The number of carbonyl (C=O) groups excluding carboxylic acids is 1. The topological polar surface area (TPSA) is 75.6 Å². The molecule has 5 heteroatoms. The van der Waals surface area contributed by atoms with Gasteiger partial charge in [0.25, 0.3) is 0 Å². The molecule has 0 aliphatic carbocycles. The lowest BCUT2D eigenvalue weighted by Gasteiger charge is -2.22. The fourth-order valence-electron chi connectivity index (χ4n) is 1.48. The molecular formula is C10H17NO4. The van der Waals surface area contributed by atoms with E-state index in [0.717, 1.165) is 19.4 Å². The Balaban J connectivity index is 2.23. The molecule has 2 atom stereocenters. The van der Waals surface area contributed by atoms with Crippen molar-refractivity contribution in [2.75, 3.05) is 19.8 Å². The third-order valence-corrected chi connectivity index (χ3v) is 2.58. The maximum absolute atomic E-state index is 11.3. The quantitative estimate of drug-likeness (QED) is 0.659. The Labute approximate surface area is 88.8 Å². The Bertz CT molecular complexity index is 236. The fraction of sp³-hybridized carbons (Fsp3) is 0.800. The molecule has 5 nitrogen and oxygen atoms in total. The highest BCUT2D eigenvalue weighted by Crippen LogP contribution is 2.12. The van der Waals surface area contributed by atoms with Gasteiger partial charge in [-0.1, -0.05) is 0 Å². The van der Waals surface area contributed by atoms with Gasteiger partial charge >= 0.3 is 5.97 Å². The SMILES string of the molecule is CC(C(=O)O)C(=O)NCC1CCCOC1. The van der Waals surface area contributed by atoms with Crippen LogP contribution < -0.4 is 5.32 Å². The van der Waals surface area contributed by atoms with Crippen molar-refractivity contribution in [3.63, 3.8) is 0 Å². The van der Waals surface area contributed by atoms with Crippen LogP contribution in [-0.4, -0.2) is 36.7 Å². The summed E-state index contributed by atoms with van der Waals surface area (Å²) in [4.78, 5) is 21.8. The first kappa shape index (κ1) is 12.0. The molecule has 0 saturated carbocycles. The molecule has 15 heavy (non-hydrogen) atoms. The molecule has 1 heterocycles. The molecule has 0 aromatic carbocycles. The first-order valence-electron chi connectivity index (χ1n) is 5.19. The Morgan fingerprint density at radius 1 is 1.60 bits per heavy atom. The van der Waals surface area contributed by atoms with Gasteiger partial charge in [-0.05, 0) is 25.7 Å². The van der Waals surface area contributed by atoms with Crippen molar-refractivity contribution in [2.24, 2.45) is 11.8 Å². The lowest BCUT2D eigenvalue weighted by atomic mass is 10.0. The molecule has 1 amide bonds. The Morgan fingerprint density at radius 2 is 2.33 bits per heavy atom. The molecule has 0 spiro atoms. The summed E-state index contributed by atoms with van der Waals surface area (Å²) in [5.74, 6) is -2.17. The standard InChI is InChI=1S/C10H17NO4/c1-7(10(13)14)9(12)11-5-8-3-2-4-15-6-8/h7-8H,2-6H2,1H3,(H,11,12)(H,13,14). The molecule has 2 N–H and O–H groups in total. The van der Waals surface area contributed by atoms with E-state index in [1.54, 1.807) is 0 Å². The molecule has 1 fully saturated rings. The van der Waals surface area contributed by atoms with Gasteiger partial charge in [-0.25, -0.2) is 0 Å². The van der Waals surface area contributed by atoms with Crippen molar-refractivity contribution in [1.29, 1.82) is 0 Å². The highest BCUT2D eigenvalue weighted by Gasteiger charge is 2.21. The predicted molar refractivity (Wildman–Crippen MR) is 53.4 cm³/mol. The molecule has 2 unspecified atom stereocenters. The molecule has 0 aromatic heterocycles. The molecule has 86 valence electrons. The van der Waals surface area contributed by atoms with E-state index in [1.165, 1.54) is 6.92 Å². The molecule has 0 radical (unpaired) electrons. The minimum atomic E-state index is -1.09. The van der Waals surface area contributed by atoms with Gasteiger partial charge in [-0.15, -0.1) is 0 Å². The van der Waals surface area contributed by atoms with Gasteiger partial charge in [0.05, 0.1) is 6.61 Å². The predicted octanol–water partition coefficient (Wildman–Crippen LogP) is 0.250. The zero-order chi connectivity index (χ0) is 11.3. The second-order valence-electron chi connectivity index (χ2n) is 3.89. The first-order valence-corrected chi connectivity index (χ1v) is 5.19. The molecule has 1 rings (SSSR count). The van der Waals surface area contributed by atoms with Gasteiger partial charge in [0.2, 0.25) is 5.91 Å². The second kappa shape index (κ2) is 5.70. The lowest BCUT2D eigenvalue weighted by molar-refractivity contribution is -0.146. The summed E-state index contributed by atoms with van der Waals surface area (Å²) in [5, 5.41) is 11.2. The van der Waals surface area contributed by atoms with Crippen LogP contribution in [0.1, 0.15) is 19.8 Å². The van der Waals surface area contributed by atoms with Crippen LogP contribution in [-0.2, 0) is 14.3 Å². The van der Waals surface area contributed by atoms with Crippen LogP contribution in [0.2, 0.25) is 0 Å². The van der Waals surface area contributed by atoms with E-state index in [9.17, 15) is 9.59 Å². The smallest absolute Gasteiger partial charge is 0.315 e. The molecule has 0 bridgehead atoms. The molecule has 1 saturated heterocycles. The number of carboxylic acid groups (broad SMARTS) is 1. The maximum atomic E-state index is 11.3. The second-order valence-corrected chi connectivity index (χ2v) is 3.89. The van der Waals surface area contributed by atoms with E-state index in [2.05, 4.69) is 5.32 Å². The number of carboxylic acids is 1. The van der Waals surface area contributed by atoms with Gasteiger partial charge in [-0.2, -0.15) is 0 Å². The summed E-state index contributed by atoms with van der Waals surface area (Å²) >= 11 is 0. The molecular weight excluding hydrogens is 198 g/mol. The maximum Gasteiger partial charge on any atom is 0.315 e. The summed E-state index contributed by atoms with van der Waals surface area (Å²) in [6.07, 6.45) is 2.04. The highest BCUT2D eigenvalue weighted by molar-refractivity contribution is 5.96. The van der Waals surface area contributed by atoms with Crippen molar-refractivity contribution in [1.82, 2.24) is 5.32 Å². The number of ether oxygens (including phenoxy) is 1. The summed E-state index contributed by atoms with van der Waals surface area (Å²) in [7, 11) is 0. The molecule has 1 aliphatic rings. The number of amides is 1. The number of carbonyl (C=O) groups is 2. The molecule has 0 aromatic rings. The largest absolute Gasteiger partial charge is 0.481 e. The van der Waals surface area contributed by atoms with E-state index in [-0.39, 0.29) is 0 Å². The summed E-state index contributed by atoms with van der Waals surface area (Å²) in [6.45, 7) is 3.34. The van der Waals surface area contributed by atoms with Crippen molar-refractivity contribution in [3.8, 4) is 0 Å². The summed E-state index contributed by atoms with van der Waals surface area (Å²) in [6, 6.07) is 0. The zero-order valence-corrected chi connectivity index (χ0v) is 8.86. The Kier molecular flexibility index (Phi) is 4.55. The summed E-state index contributed by atoms with van der Waals surface area (Å²) < 4.78 is 5.25. The van der Waals surface area contributed by atoms with E-state index in [4.69, 9.17) is 9.84 Å². The number of rotatable bonds is 4. The minimum absolute atomic E-state index is 0.323. The highest BCUT2D eigenvalue weighted by atomic mass is 16.5. The van der Waals surface area contributed by atoms with Crippen molar-refractivity contribution < 1.29 is 19.4 Å². The van der Waals surface area contributed by atoms with Crippen molar-refractivity contribution in [3.05, 3.63) is 0 Å². The normalized spacial score (nSPS) is 23.1. The van der Waals surface area contributed by atoms with E-state index in [1.807, 2.05) is 0 Å². The van der Waals surface area contributed by atoms with Crippen LogP contribution in [0.25, 0.3) is 0 Å². The zero-order valence-electron chi connectivity index (χ0n) is 8.86. The molecule has 1 aliphatic heterocycles. The average molecular weight is 215 g/mol. The van der Waals surface area contributed by atoms with Crippen molar-refractivity contribution in [2.45, 2.75) is 19.8 Å². The van der Waals surface area contributed by atoms with E-state index < -0.39 is 17.8 Å². The Hall–Kier alpha value is -1.10. The van der Waals surface area contributed by atoms with Crippen LogP contribution in [0.5, 0.6) is 0 Å². The van der Waals surface area contributed by atoms with Crippen LogP contribution >= 0.6 is 0 Å². The van der Waals surface area contributed by atoms with Crippen LogP contribution in [0.3, 0.4) is 0 Å². The van der Waals surface area contributed by atoms with E-state index >= 15 is 0 Å². The third-order valence-electron chi connectivity index (χ3n) is 2.58. The van der Waals surface area contributed by atoms with Crippen LogP contribution in [0.15, 0.2) is 0 Å². The van der Waals surface area contributed by atoms with Crippen LogP contribution in [0, 0.1) is 11.8 Å².